The van der Waals surface area contributed by atoms with Crippen LogP contribution >= 0.6 is 11.6 Å². The summed E-state index contributed by atoms with van der Waals surface area (Å²) in [5, 5.41) is 2.73. The summed E-state index contributed by atoms with van der Waals surface area (Å²) in [5.41, 5.74) is 0.476. The Kier molecular flexibility index (Phi) is 7.11. The maximum atomic E-state index is 12.4. The Balaban J connectivity index is 2.33. The minimum Gasteiger partial charge on any atom is -0.357 e. The molecule has 0 amide bonds. The molecule has 1 aromatic heterocycles. The zero-order chi connectivity index (χ0) is 20.9. The maximum Gasteiger partial charge on any atom is 0.397 e. The Hall–Kier alpha value is -2.06. The molecule has 2 N–H and O–H groups in total. The summed E-state index contributed by atoms with van der Waals surface area (Å²) in [4.78, 5) is 13.7. The van der Waals surface area contributed by atoms with Gasteiger partial charge in [0.2, 0.25) is 17.2 Å². The highest BCUT2D eigenvalue weighted by Gasteiger charge is 2.19. The van der Waals surface area contributed by atoms with Crippen LogP contribution in [0.25, 0.3) is 0 Å². The Morgan fingerprint density at radius 3 is 2.54 bits per heavy atom. The highest BCUT2D eigenvalue weighted by atomic mass is 35.5. The molecule has 14 heteroatoms. The SMILES string of the molecule is CCN(c1cccc(S(=O)(=O)CCOS(=O)(=O)O)c1)c1nc(Cl)nc(NC)n1. The zero-order valence-corrected chi connectivity index (χ0v) is 17.3. The van der Waals surface area contributed by atoms with Crippen LogP contribution in [-0.2, 0) is 24.4 Å². The van der Waals surface area contributed by atoms with Crippen molar-refractivity contribution in [1.82, 2.24) is 15.0 Å². The molecule has 0 radical (unpaired) electrons. The summed E-state index contributed by atoms with van der Waals surface area (Å²) < 4.78 is 58.6. The van der Waals surface area contributed by atoms with Gasteiger partial charge in [0.15, 0.2) is 9.84 Å². The Morgan fingerprint density at radius 1 is 1.21 bits per heavy atom. The molecule has 0 spiro atoms. The number of sulfone groups is 1. The molecule has 1 heterocycles. The number of nitrogens with zero attached hydrogens (tertiary/aromatic N) is 4. The second-order valence-corrected chi connectivity index (χ2v) is 8.83. The van der Waals surface area contributed by atoms with Crippen LogP contribution in [0.15, 0.2) is 29.2 Å². The smallest absolute Gasteiger partial charge is 0.357 e. The second-order valence-electron chi connectivity index (χ2n) is 5.29. The molecule has 0 fully saturated rings. The first kappa shape index (κ1) is 22.2. The van der Waals surface area contributed by atoms with Gasteiger partial charge in [-0.2, -0.15) is 23.4 Å². The third kappa shape index (κ3) is 5.97. The van der Waals surface area contributed by atoms with Crippen LogP contribution in [0.5, 0.6) is 0 Å². The molecule has 0 saturated carbocycles. The third-order valence-electron chi connectivity index (χ3n) is 3.45. The highest BCUT2D eigenvalue weighted by molar-refractivity contribution is 7.91. The van der Waals surface area contributed by atoms with E-state index in [0.717, 1.165) is 0 Å². The monoisotopic (exact) mass is 451 g/mol. The van der Waals surface area contributed by atoms with Crippen molar-refractivity contribution in [1.29, 1.82) is 0 Å². The fourth-order valence-corrected chi connectivity index (χ4v) is 3.90. The fourth-order valence-electron chi connectivity index (χ4n) is 2.22. The van der Waals surface area contributed by atoms with Crippen molar-refractivity contribution < 1.29 is 25.6 Å². The number of hydrogen-bond acceptors (Lipinski definition) is 10. The van der Waals surface area contributed by atoms with E-state index in [1.54, 1.807) is 18.0 Å². The number of halogens is 1. The lowest BCUT2D eigenvalue weighted by atomic mass is 10.3. The van der Waals surface area contributed by atoms with Crippen molar-refractivity contribution in [3.05, 3.63) is 29.5 Å². The van der Waals surface area contributed by atoms with E-state index in [4.69, 9.17) is 16.2 Å². The summed E-state index contributed by atoms with van der Waals surface area (Å²) in [6.45, 7) is 1.51. The van der Waals surface area contributed by atoms with Gasteiger partial charge < -0.3 is 10.2 Å². The minimum atomic E-state index is -4.71. The molecule has 0 atom stereocenters. The van der Waals surface area contributed by atoms with Gasteiger partial charge in [-0.1, -0.05) is 6.07 Å². The minimum absolute atomic E-state index is 0.0288. The zero-order valence-electron chi connectivity index (χ0n) is 14.9. The van der Waals surface area contributed by atoms with Gasteiger partial charge >= 0.3 is 10.4 Å². The summed E-state index contributed by atoms with van der Waals surface area (Å²) in [6.07, 6.45) is 0. The second kappa shape index (κ2) is 8.96. The molecule has 2 rings (SSSR count). The van der Waals surface area contributed by atoms with Crippen LogP contribution in [0.2, 0.25) is 5.28 Å². The normalized spacial score (nSPS) is 12.0. The van der Waals surface area contributed by atoms with Gasteiger partial charge in [-0.15, -0.1) is 0 Å². The largest absolute Gasteiger partial charge is 0.397 e. The van der Waals surface area contributed by atoms with Crippen LogP contribution < -0.4 is 10.2 Å². The van der Waals surface area contributed by atoms with Crippen molar-refractivity contribution in [3.8, 4) is 0 Å². The van der Waals surface area contributed by atoms with E-state index in [1.165, 1.54) is 18.2 Å². The topological polar surface area (TPSA) is 152 Å². The van der Waals surface area contributed by atoms with Gasteiger partial charge in [0.05, 0.1) is 17.3 Å². The molecule has 11 nitrogen and oxygen atoms in total. The summed E-state index contributed by atoms with van der Waals surface area (Å²) in [5.74, 6) is -0.167. The molecular weight excluding hydrogens is 434 g/mol. The van der Waals surface area contributed by atoms with Crippen LogP contribution in [0, 0.1) is 0 Å². The molecule has 0 saturated heterocycles. The van der Waals surface area contributed by atoms with Crippen molar-refractivity contribution in [3.63, 3.8) is 0 Å². The number of rotatable bonds is 9. The number of nitrogens with one attached hydrogen (secondary N) is 1. The van der Waals surface area contributed by atoms with Gasteiger partial charge in [-0.25, -0.2) is 12.6 Å². The number of benzene rings is 1. The predicted octanol–water partition coefficient (Wildman–Crippen LogP) is 1.32. The molecule has 0 aliphatic rings. The van der Waals surface area contributed by atoms with Crippen LogP contribution in [-0.4, -0.2) is 62.3 Å². The van der Waals surface area contributed by atoms with Crippen molar-refractivity contribution in [2.75, 3.05) is 36.2 Å². The Labute approximate surface area is 167 Å². The van der Waals surface area contributed by atoms with Crippen LogP contribution in [0.4, 0.5) is 17.6 Å². The van der Waals surface area contributed by atoms with Gasteiger partial charge in [-0.05, 0) is 36.7 Å². The van der Waals surface area contributed by atoms with E-state index in [-0.39, 0.29) is 22.1 Å². The predicted molar refractivity (Wildman–Crippen MR) is 103 cm³/mol. The van der Waals surface area contributed by atoms with E-state index in [2.05, 4.69) is 24.5 Å². The van der Waals surface area contributed by atoms with E-state index >= 15 is 0 Å². The number of aromatic nitrogens is 3. The third-order valence-corrected chi connectivity index (χ3v) is 5.76. The van der Waals surface area contributed by atoms with E-state index in [9.17, 15) is 16.8 Å². The molecule has 28 heavy (non-hydrogen) atoms. The lowest BCUT2D eigenvalue weighted by molar-refractivity contribution is 0.284. The van der Waals surface area contributed by atoms with E-state index < -0.39 is 32.6 Å². The average molecular weight is 452 g/mol. The van der Waals surface area contributed by atoms with Gasteiger partial charge in [0, 0.05) is 19.3 Å². The maximum absolute atomic E-state index is 12.4. The summed E-state index contributed by atoms with van der Waals surface area (Å²) in [7, 11) is -6.96. The first-order chi connectivity index (χ1) is 13.1. The molecule has 1 aromatic carbocycles. The molecule has 0 unspecified atom stereocenters. The molecular formula is C14H18ClN5O6S2. The molecule has 2 aromatic rings. The average Bonchev–Trinajstić information content (AvgIpc) is 2.61. The molecule has 154 valence electrons. The van der Waals surface area contributed by atoms with Gasteiger partial charge in [-0.3, -0.25) is 4.55 Å². The molecule has 0 aliphatic carbocycles. The standard InChI is InChI=1S/C14H18ClN5O6S2/c1-3-20(14-18-12(15)17-13(16-2)19-14)10-5-4-6-11(9-10)27(21,22)8-7-26-28(23,24)25/h4-6,9H,3,7-8H2,1-2H3,(H,23,24,25)(H,16,17,18,19). The molecule has 0 aliphatic heterocycles. The number of anilines is 3. The summed E-state index contributed by atoms with van der Waals surface area (Å²) in [6, 6.07) is 5.94. The van der Waals surface area contributed by atoms with Gasteiger partial charge in [0.25, 0.3) is 0 Å². The quantitative estimate of drug-likeness (QED) is 0.530. The van der Waals surface area contributed by atoms with Crippen molar-refractivity contribution in [2.24, 2.45) is 0 Å². The highest BCUT2D eigenvalue weighted by Crippen LogP contribution is 2.26. The lowest BCUT2D eigenvalue weighted by Crippen LogP contribution is -2.21. The molecule has 0 bridgehead atoms. The van der Waals surface area contributed by atoms with Crippen molar-refractivity contribution >= 4 is 49.4 Å². The van der Waals surface area contributed by atoms with Crippen LogP contribution in [0.1, 0.15) is 6.92 Å². The fraction of sp³-hybridized carbons (Fsp3) is 0.357. The lowest BCUT2D eigenvalue weighted by Gasteiger charge is -2.21. The summed E-state index contributed by atoms with van der Waals surface area (Å²) >= 11 is 5.91. The first-order valence-electron chi connectivity index (χ1n) is 7.87. The Bertz CT molecular complexity index is 1050. The van der Waals surface area contributed by atoms with E-state index in [0.29, 0.717) is 12.2 Å². The van der Waals surface area contributed by atoms with Crippen LogP contribution in [0.3, 0.4) is 0 Å². The Morgan fingerprint density at radius 2 is 1.93 bits per heavy atom. The number of hydrogen-bond donors (Lipinski definition) is 2. The first-order valence-corrected chi connectivity index (χ1v) is 11.3. The van der Waals surface area contributed by atoms with Gasteiger partial charge in [0.1, 0.15) is 0 Å². The van der Waals surface area contributed by atoms with E-state index in [1.807, 2.05) is 6.92 Å². The van der Waals surface area contributed by atoms with Crippen molar-refractivity contribution in [2.45, 2.75) is 11.8 Å².